The Morgan fingerprint density at radius 3 is 2.40 bits per heavy atom. The molecule has 1 aliphatic carbocycles. The van der Waals surface area contributed by atoms with Crippen molar-refractivity contribution in [1.82, 2.24) is 0 Å². The Kier molecular flexibility index (Phi) is 2.78. The molecule has 2 heteroatoms. The lowest BCUT2D eigenvalue weighted by atomic mass is 9.97. The molecule has 0 spiro atoms. The van der Waals surface area contributed by atoms with Gasteiger partial charge in [-0.2, -0.15) is 0 Å². The van der Waals surface area contributed by atoms with E-state index in [9.17, 15) is 0 Å². The predicted molar refractivity (Wildman–Crippen MR) is 60.6 cm³/mol. The molecule has 1 aliphatic rings. The summed E-state index contributed by atoms with van der Waals surface area (Å²) in [6.07, 6.45) is 0.977. The van der Waals surface area contributed by atoms with E-state index in [1.165, 1.54) is 16.0 Å². The van der Waals surface area contributed by atoms with E-state index in [1.807, 2.05) is 12.1 Å². The molecule has 0 fully saturated rings. The van der Waals surface area contributed by atoms with Gasteiger partial charge in [0.15, 0.2) is 0 Å². The monoisotopic (exact) mass is 204 g/mol. The molecule has 0 saturated carbocycles. The Balaban J connectivity index is 2.76. The number of hydrogen-bond acceptors (Lipinski definition) is 2. The molecule has 0 saturated heterocycles. The quantitative estimate of drug-likeness (QED) is 0.716. The van der Waals surface area contributed by atoms with Gasteiger partial charge in [-0.3, -0.25) is 0 Å². The van der Waals surface area contributed by atoms with Crippen LogP contribution < -0.4 is 10.4 Å². The highest BCUT2D eigenvalue weighted by Gasteiger charge is 2.18. The van der Waals surface area contributed by atoms with Crippen molar-refractivity contribution in [1.29, 1.82) is 0 Å². The fraction of sp³-hybridized carbons (Fsp3) is 0.385. The zero-order valence-corrected chi connectivity index (χ0v) is 9.41. The summed E-state index contributed by atoms with van der Waals surface area (Å²) in [6, 6.07) is 8.31. The van der Waals surface area contributed by atoms with Crippen LogP contribution in [0.1, 0.15) is 13.3 Å². The van der Waals surface area contributed by atoms with Gasteiger partial charge in [-0.05, 0) is 17.7 Å². The van der Waals surface area contributed by atoms with Crippen molar-refractivity contribution in [3.05, 3.63) is 34.7 Å². The van der Waals surface area contributed by atoms with Crippen molar-refractivity contribution in [2.75, 3.05) is 14.2 Å². The van der Waals surface area contributed by atoms with Crippen LogP contribution in [0.25, 0.3) is 11.3 Å². The molecule has 2 rings (SSSR count). The van der Waals surface area contributed by atoms with Gasteiger partial charge in [0.1, 0.15) is 5.76 Å². The van der Waals surface area contributed by atoms with Crippen molar-refractivity contribution in [2.24, 2.45) is 0 Å². The van der Waals surface area contributed by atoms with Crippen LogP contribution in [0.3, 0.4) is 0 Å². The molecule has 1 unspecified atom stereocenters. The minimum Gasteiger partial charge on any atom is -0.500 e. The van der Waals surface area contributed by atoms with Crippen molar-refractivity contribution in [3.8, 4) is 0 Å². The van der Waals surface area contributed by atoms with Crippen molar-refractivity contribution < 1.29 is 9.47 Å². The number of benzene rings is 1. The first-order valence-corrected chi connectivity index (χ1v) is 5.13. The van der Waals surface area contributed by atoms with Crippen LogP contribution in [0.2, 0.25) is 0 Å². The third-order valence-corrected chi connectivity index (χ3v) is 3.04. The van der Waals surface area contributed by atoms with Crippen LogP contribution in [0, 0.1) is 0 Å². The predicted octanol–water partition coefficient (Wildman–Crippen LogP) is 1.03. The van der Waals surface area contributed by atoms with E-state index in [1.54, 1.807) is 14.2 Å². The summed E-state index contributed by atoms with van der Waals surface area (Å²) in [4.78, 5) is 0. The minimum atomic E-state index is 0.148. The molecule has 80 valence electrons. The molecule has 0 aromatic heterocycles. The zero-order valence-electron chi connectivity index (χ0n) is 9.41. The number of hydrogen-bond donors (Lipinski definition) is 0. The van der Waals surface area contributed by atoms with Crippen LogP contribution in [-0.4, -0.2) is 20.3 Å². The average Bonchev–Trinajstić information content (AvgIpc) is 2.30. The number of methoxy groups -OCH3 is 2. The molecular weight excluding hydrogens is 188 g/mol. The fourth-order valence-electron chi connectivity index (χ4n) is 2.13. The van der Waals surface area contributed by atoms with Crippen LogP contribution in [0.4, 0.5) is 0 Å². The van der Waals surface area contributed by atoms with Gasteiger partial charge in [-0.1, -0.05) is 24.3 Å². The zero-order chi connectivity index (χ0) is 10.8. The summed E-state index contributed by atoms with van der Waals surface area (Å²) >= 11 is 0. The normalized spacial score (nSPS) is 20.1. The lowest BCUT2D eigenvalue weighted by Crippen LogP contribution is -2.37. The fourth-order valence-corrected chi connectivity index (χ4v) is 2.13. The Hall–Kier alpha value is -1.28. The molecule has 0 heterocycles. The van der Waals surface area contributed by atoms with Gasteiger partial charge in [0.2, 0.25) is 0 Å². The van der Waals surface area contributed by atoms with Gasteiger partial charge >= 0.3 is 0 Å². The maximum Gasteiger partial charge on any atom is 0.106 e. The van der Waals surface area contributed by atoms with Crippen LogP contribution in [0.15, 0.2) is 24.3 Å². The Morgan fingerprint density at radius 2 is 1.80 bits per heavy atom. The maximum atomic E-state index is 5.45. The number of ether oxygens (including phenoxy) is 2. The van der Waals surface area contributed by atoms with Crippen molar-refractivity contribution >= 4 is 11.3 Å². The molecule has 1 aromatic rings. The summed E-state index contributed by atoms with van der Waals surface area (Å²) in [5.74, 6) is 1.02. The molecule has 0 bridgehead atoms. The van der Waals surface area contributed by atoms with Gasteiger partial charge in [0, 0.05) is 18.7 Å². The van der Waals surface area contributed by atoms with Crippen molar-refractivity contribution in [2.45, 2.75) is 19.4 Å². The number of rotatable bonds is 2. The molecule has 1 atom stereocenters. The van der Waals surface area contributed by atoms with E-state index in [0.29, 0.717) is 0 Å². The third kappa shape index (κ3) is 1.65. The minimum absolute atomic E-state index is 0.148. The molecule has 0 aliphatic heterocycles. The van der Waals surface area contributed by atoms with E-state index < -0.39 is 0 Å². The maximum absolute atomic E-state index is 5.45. The molecule has 15 heavy (non-hydrogen) atoms. The molecular formula is C13H16O2. The van der Waals surface area contributed by atoms with Gasteiger partial charge < -0.3 is 9.47 Å². The van der Waals surface area contributed by atoms with Gasteiger partial charge in [0.25, 0.3) is 0 Å². The number of fused-ring (bicyclic) bond motifs is 1. The summed E-state index contributed by atoms with van der Waals surface area (Å²) in [5, 5.41) is 2.44. The van der Waals surface area contributed by atoms with Gasteiger partial charge in [0.05, 0.1) is 13.2 Å². The summed E-state index contributed by atoms with van der Waals surface area (Å²) in [6.45, 7) is 2.12. The topological polar surface area (TPSA) is 18.5 Å². The first kappa shape index (κ1) is 10.2. The Morgan fingerprint density at radius 1 is 1.13 bits per heavy atom. The summed E-state index contributed by atoms with van der Waals surface area (Å²) in [5.41, 5.74) is 1.29. The second-order valence-electron chi connectivity index (χ2n) is 3.78. The van der Waals surface area contributed by atoms with E-state index >= 15 is 0 Å². The standard InChI is InChI=1S/C13H16O2/c1-9-10-6-4-5-7-11(10)13(15-3)8-12(9)14-2/h4-7,12H,8H2,1-3H3. The SMILES string of the molecule is COC1=c2ccccc2=C(C)C(OC)C1. The molecule has 0 radical (unpaired) electrons. The van der Waals surface area contributed by atoms with E-state index in [-0.39, 0.29) is 6.10 Å². The van der Waals surface area contributed by atoms with Crippen LogP contribution >= 0.6 is 0 Å². The van der Waals surface area contributed by atoms with E-state index in [2.05, 4.69) is 19.1 Å². The highest BCUT2D eigenvalue weighted by atomic mass is 16.5. The van der Waals surface area contributed by atoms with Crippen molar-refractivity contribution in [3.63, 3.8) is 0 Å². The van der Waals surface area contributed by atoms with E-state index in [0.717, 1.165) is 12.2 Å². The molecule has 0 N–H and O–H groups in total. The van der Waals surface area contributed by atoms with Crippen LogP contribution in [0.5, 0.6) is 0 Å². The third-order valence-electron chi connectivity index (χ3n) is 3.04. The average molecular weight is 204 g/mol. The molecule has 0 amide bonds. The lowest BCUT2D eigenvalue weighted by molar-refractivity contribution is 0.140. The molecule has 1 aromatic carbocycles. The first-order valence-electron chi connectivity index (χ1n) is 5.13. The first-order chi connectivity index (χ1) is 7.27. The summed E-state index contributed by atoms with van der Waals surface area (Å²) in [7, 11) is 3.47. The summed E-state index contributed by atoms with van der Waals surface area (Å²) < 4.78 is 10.9. The Labute approximate surface area is 89.8 Å². The second kappa shape index (κ2) is 4.07. The largest absolute Gasteiger partial charge is 0.500 e. The highest BCUT2D eigenvalue weighted by molar-refractivity contribution is 5.57. The van der Waals surface area contributed by atoms with Gasteiger partial charge in [-0.25, -0.2) is 0 Å². The van der Waals surface area contributed by atoms with Crippen LogP contribution in [-0.2, 0) is 9.47 Å². The smallest absolute Gasteiger partial charge is 0.106 e. The lowest BCUT2D eigenvalue weighted by Gasteiger charge is -2.22. The second-order valence-corrected chi connectivity index (χ2v) is 3.78. The Bertz CT molecular complexity index is 474. The highest BCUT2D eigenvalue weighted by Crippen LogP contribution is 2.17. The van der Waals surface area contributed by atoms with Gasteiger partial charge in [-0.15, -0.1) is 0 Å². The molecule has 2 nitrogen and oxygen atoms in total. The van der Waals surface area contributed by atoms with E-state index in [4.69, 9.17) is 9.47 Å².